The van der Waals surface area contributed by atoms with E-state index in [4.69, 9.17) is 11.6 Å². The topological polar surface area (TPSA) is 81.7 Å². The van der Waals surface area contributed by atoms with Crippen molar-refractivity contribution in [1.82, 2.24) is 15.5 Å². The van der Waals surface area contributed by atoms with Gasteiger partial charge in [0.1, 0.15) is 6.04 Å². The standard InChI is InChI=1S/C33H42ClN3O3/c34-26-11-9-22(10-12-26)17-30(36-31(39)29-18-23-5-1-2-6-24(23)20-35-29)32(40)37-15-13-33(14-16-37)19-25(21-38)27-7-3-4-8-28(27)33/h1-2,5-6,9-12,25,27-30,35,38H,3-4,7-8,13-21H2,(H,36,39)/t25-,27?,28?,29+,30-/m0/s1. The molecule has 40 heavy (non-hydrogen) atoms. The summed E-state index contributed by atoms with van der Waals surface area (Å²) >= 11 is 6.12. The van der Waals surface area contributed by atoms with Crippen molar-refractivity contribution in [2.75, 3.05) is 19.7 Å². The molecule has 4 aliphatic rings. The van der Waals surface area contributed by atoms with Crippen LogP contribution in [-0.2, 0) is 29.0 Å². The van der Waals surface area contributed by atoms with Crippen LogP contribution in [0.25, 0.3) is 0 Å². The Kier molecular flexibility index (Phi) is 8.21. The van der Waals surface area contributed by atoms with Crippen molar-refractivity contribution in [3.63, 3.8) is 0 Å². The molecule has 2 aromatic rings. The summed E-state index contributed by atoms with van der Waals surface area (Å²) in [6, 6.07) is 14.8. The fourth-order valence-electron chi connectivity index (χ4n) is 8.44. The van der Waals surface area contributed by atoms with Gasteiger partial charge < -0.3 is 20.6 Å². The summed E-state index contributed by atoms with van der Waals surface area (Å²) < 4.78 is 0. The molecule has 2 heterocycles. The van der Waals surface area contributed by atoms with Gasteiger partial charge in [-0.15, -0.1) is 0 Å². The highest BCUT2D eigenvalue weighted by atomic mass is 35.5. The minimum absolute atomic E-state index is 0.00580. The SMILES string of the molecule is O=C(N[C@@H](Cc1ccc(Cl)cc1)C(=O)N1CCC2(CC1)C[C@@H](CO)C1CCCCC12)[C@H]1Cc2ccccc2CN1. The van der Waals surface area contributed by atoms with Gasteiger partial charge in [-0.1, -0.05) is 60.8 Å². The van der Waals surface area contributed by atoms with E-state index in [9.17, 15) is 14.7 Å². The zero-order valence-electron chi connectivity index (χ0n) is 23.3. The first-order valence-corrected chi connectivity index (χ1v) is 15.6. The number of carbonyl (C=O) groups excluding carboxylic acids is 2. The number of hydrogen-bond donors (Lipinski definition) is 3. The predicted molar refractivity (Wildman–Crippen MR) is 157 cm³/mol. The van der Waals surface area contributed by atoms with Crippen LogP contribution in [0.1, 0.15) is 61.6 Å². The zero-order valence-corrected chi connectivity index (χ0v) is 24.0. The molecule has 0 radical (unpaired) electrons. The van der Waals surface area contributed by atoms with Crippen molar-refractivity contribution >= 4 is 23.4 Å². The number of nitrogens with one attached hydrogen (secondary N) is 2. The molecular weight excluding hydrogens is 522 g/mol. The largest absolute Gasteiger partial charge is 0.396 e. The zero-order chi connectivity index (χ0) is 27.7. The van der Waals surface area contributed by atoms with Crippen molar-refractivity contribution in [3.05, 3.63) is 70.2 Å². The first-order valence-electron chi connectivity index (χ1n) is 15.2. The van der Waals surface area contributed by atoms with Gasteiger partial charge in [0.15, 0.2) is 0 Å². The molecular formula is C33H42ClN3O3. The van der Waals surface area contributed by atoms with Crippen molar-refractivity contribution in [2.45, 2.75) is 76.4 Å². The van der Waals surface area contributed by atoms with E-state index in [0.717, 1.165) is 37.9 Å². The van der Waals surface area contributed by atoms with E-state index in [2.05, 4.69) is 22.8 Å². The lowest BCUT2D eigenvalue weighted by atomic mass is 9.65. The molecule has 0 bridgehead atoms. The Morgan fingerprint density at radius 2 is 1.77 bits per heavy atom. The quantitative estimate of drug-likeness (QED) is 0.483. The molecule has 2 unspecified atom stereocenters. The first kappa shape index (κ1) is 27.7. The van der Waals surface area contributed by atoms with E-state index in [1.807, 2.05) is 41.3 Å². The molecule has 7 heteroatoms. The van der Waals surface area contributed by atoms with Gasteiger partial charge in [-0.2, -0.15) is 0 Å². The Balaban J connectivity index is 1.15. The molecule has 2 aliphatic heterocycles. The van der Waals surface area contributed by atoms with Crippen LogP contribution in [0, 0.1) is 23.2 Å². The van der Waals surface area contributed by atoms with Crippen LogP contribution in [-0.4, -0.2) is 53.6 Å². The highest BCUT2D eigenvalue weighted by molar-refractivity contribution is 6.30. The minimum atomic E-state index is -0.627. The summed E-state index contributed by atoms with van der Waals surface area (Å²) in [5.41, 5.74) is 3.63. The van der Waals surface area contributed by atoms with Gasteiger partial charge in [0.25, 0.3) is 0 Å². The molecule has 5 atom stereocenters. The molecule has 6 nitrogen and oxygen atoms in total. The molecule has 2 saturated carbocycles. The van der Waals surface area contributed by atoms with Crippen LogP contribution in [0.3, 0.4) is 0 Å². The van der Waals surface area contributed by atoms with Gasteiger partial charge in [0.05, 0.1) is 6.04 Å². The number of aliphatic hydroxyl groups is 1. The lowest BCUT2D eigenvalue weighted by molar-refractivity contribution is -0.139. The highest BCUT2D eigenvalue weighted by Gasteiger charge is 2.54. The Morgan fingerprint density at radius 3 is 2.52 bits per heavy atom. The van der Waals surface area contributed by atoms with Crippen molar-refractivity contribution < 1.29 is 14.7 Å². The van der Waals surface area contributed by atoms with E-state index in [1.165, 1.54) is 36.8 Å². The van der Waals surface area contributed by atoms with Crippen LogP contribution >= 0.6 is 11.6 Å². The number of aliphatic hydroxyl groups excluding tert-OH is 1. The number of amides is 2. The Bertz CT molecular complexity index is 1210. The maximum absolute atomic E-state index is 14.0. The third-order valence-electron chi connectivity index (χ3n) is 10.6. The fraction of sp³-hybridized carbons (Fsp3) is 0.576. The van der Waals surface area contributed by atoms with Crippen LogP contribution in [0.15, 0.2) is 48.5 Å². The monoisotopic (exact) mass is 563 g/mol. The van der Waals surface area contributed by atoms with Gasteiger partial charge in [-0.3, -0.25) is 9.59 Å². The van der Waals surface area contributed by atoms with Gasteiger partial charge in [0, 0.05) is 37.7 Å². The van der Waals surface area contributed by atoms with Gasteiger partial charge >= 0.3 is 0 Å². The third kappa shape index (κ3) is 5.55. The summed E-state index contributed by atoms with van der Waals surface area (Å²) in [5, 5.41) is 17.3. The fourth-order valence-corrected chi connectivity index (χ4v) is 8.57. The number of rotatable bonds is 6. The van der Waals surface area contributed by atoms with E-state index in [0.29, 0.717) is 48.8 Å². The van der Waals surface area contributed by atoms with Crippen LogP contribution in [0.2, 0.25) is 5.02 Å². The molecule has 3 fully saturated rings. The maximum Gasteiger partial charge on any atom is 0.245 e. The number of piperidine rings is 1. The Hall–Kier alpha value is -2.41. The molecule has 1 saturated heterocycles. The second-order valence-electron chi connectivity index (χ2n) is 12.7. The average molecular weight is 564 g/mol. The number of halogens is 1. The number of benzene rings is 2. The molecule has 6 rings (SSSR count). The Morgan fingerprint density at radius 1 is 1.05 bits per heavy atom. The second kappa shape index (κ2) is 11.8. The summed E-state index contributed by atoms with van der Waals surface area (Å²) in [5.74, 6) is 1.62. The average Bonchev–Trinajstić information content (AvgIpc) is 3.30. The van der Waals surface area contributed by atoms with E-state index in [1.54, 1.807) is 0 Å². The van der Waals surface area contributed by atoms with Crippen molar-refractivity contribution in [1.29, 1.82) is 0 Å². The molecule has 214 valence electrons. The molecule has 2 amide bonds. The van der Waals surface area contributed by atoms with Crippen molar-refractivity contribution in [3.8, 4) is 0 Å². The molecule has 2 aliphatic carbocycles. The number of carbonyl (C=O) groups is 2. The van der Waals surface area contributed by atoms with Gasteiger partial charge in [-0.25, -0.2) is 0 Å². The minimum Gasteiger partial charge on any atom is -0.396 e. The van der Waals surface area contributed by atoms with Gasteiger partial charge in [0.2, 0.25) is 11.8 Å². The number of fused-ring (bicyclic) bond motifs is 3. The molecule has 0 aromatic heterocycles. The predicted octanol–water partition coefficient (Wildman–Crippen LogP) is 4.51. The van der Waals surface area contributed by atoms with Gasteiger partial charge in [-0.05, 0) is 90.5 Å². The first-order chi connectivity index (χ1) is 19.5. The third-order valence-corrected chi connectivity index (χ3v) is 10.8. The molecule has 2 aromatic carbocycles. The lowest BCUT2D eigenvalue weighted by Gasteiger charge is -2.46. The van der Waals surface area contributed by atoms with Crippen LogP contribution in [0.4, 0.5) is 0 Å². The van der Waals surface area contributed by atoms with E-state index < -0.39 is 6.04 Å². The summed E-state index contributed by atoms with van der Waals surface area (Å²) in [6.07, 6.45) is 9.23. The normalized spacial score (nSPS) is 28.0. The number of nitrogens with zero attached hydrogens (tertiary/aromatic N) is 1. The van der Waals surface area contributed by atoms with Crippen molar-refractivity contribution in [2.24, 2.45) is 23.2 Å². The summed E-state index contributed by atoms with van der Waals surface area (Å²) in [4.78, 5) is 29.5. The summed E-state index contributed by atoms with van der Waals surface area (Å²) in [6.45, 7) is 2.39. The van der Waals surface area contributed by atoms with E-state index >= 15 is 0 Å². The maximum atomic E-state index is 14.0. The van der Waals surface area contributed by atoms with E-state index in [-0.39, 0.29) is 23.3 Å². The number of hydrogen-bond acceptors (Lipinski definition) is 4. The Labute approximate surface area is 242 Å². The summed E-state index contributed by atoms with van der Waals surface area (Å²) in [7, 11) is 0. The van der Waals surface area contributed by atoms with Crippen LogP contribution in [0.5, 0.6) is 0 Å². The smallest absolute Gasteiger partial charge is 0.245 e. The number of likely N-dealkylation sites (tertiary alicyclic amines) is 1. The highest BCUT2D eigenvalue weighted by Crippen LogP contribution is 2.60. The lowest BCUT2D eigenvalue weighted by Crippen LogP contribution is -2.57. The molecule has 1 spiro atoms. The molecule has 3 N–H and O–H groups in total. The van der Waals surface area contributed by atoms with Crippen LogP contribution < -0.4 is 10.6 Å². The second-order valence-corrected chi connectivity index (χ2v) is 13.1.